The van der Waals surface area contributed by atoms with E-state index in [1.54, 1.807) is 24.3 Å². The Bertz CT molecular complexity index is 623. The van der Waals surface area contributed by atoms with Gasteiger partial charge in [0.1, 0.15) is 5.69 Å². The van der Waals surface area contributed by atoms with Gasteiger partial charge in [0.2, 0.25) is 0 Å². The Balaban J connectivity index is 2.33. The Morgan fingerprint density at radius 2 is 2.05 bits per heavy atom. The minimum absolute atomic E-state index is 0.0816. The van der Waals surface area contributed by atoms with E-state index >= 15 is 0 Å². The molecule has 1 N–H and O–H groups in total. The van der Waals surface area contributed by atoms with Crippen molar-refractivity contribution in [3.63, 3.8) is 0 Å². The molecule has 0 aliphatic carbocycles. The number of halogens is 1. The number of ether oxygens (including phenoxy) is 1. The van der Waals surface area contributed by atoms with Crippen molar-refractivity contribution in [2.75, 3.05) is 6.61 Å². The molecule has 112 valence electrons. The van der Waals surface area contributed by atoms with Gasteiger partial charge in [-0.25, -0.2) is 9.48 Å². The van der Waals surface area contributed by atoms with Crippen molar-refractivity contribution in [3.8, 4) is 11.3 Å². The average molecular weight is 310 g/mol. The number of hydrogen-bond donors (Lipinski definition) is 1. The second-order valence-corrected chi connectivity index (χ2v) is 5.18. The Morgan fingerprint density at radius 1 is 1.38 bits per heavy atom. The summed E-state index contributed by atoms with van der Waals surface area (Å²) in [6, 6.07) is 6.88. The number of aromatic nitrogens is 3. The maximum atomic E-state index is 11.3. The highest BCUT2D eigenvalue weighted by atomic mass is 35.5. The summed E-state index contributed by atoms with van der Waals surface area (Å²) in [5.74, 6) is -1.11. The minimum Gasteiger partial charge on any atom is -0.476 e. The van der Waals surface area contributed by atoms with Crippen LogP contribution in [0.25, 0.3) is 11.3 Å². The van der Waals surface area contributed by atoms with Crippen LogP contribution in [0.4, 0.5) is 0 Å². The fourth-order valence-electron chi connectivity index (χ4n) is 1.88. The van der Waals surface area contributed by atoms with E-state index < -0.39 is 5.97 Å². The van der Waals surface area contributed by atoms with Crippen LogP contribution in [0, 0.1) is 0 Å². The topological polar surface area (TPSA) is 77.2 Å². The summed E-state index contributed by atoms with van der Waals surface area (Å²) in [5, 5.41) is 17.5. The molecule has 0 saturated heterocycles. The van der Waals surface area contributed by atoms with Crippen LogP contribution in [0.5, 0.6) is 0 Å². The van der Waals surface area contributed by atoms with Crippen molar-refractivity contribution < 1.29 is 14.6 Å². The molecule has 0 atom stereocenters. The van der Waals surface area contributed by atoms with Crippen molar-refractivity contribution >= 4 is 17.6 Å². The predicted octanol–water partition coefficient (Wildman–Crippen LogP) is 2.72. The van der Waals surface area contributed by atoms with E-state index in [9.17, 15) is 9.90 Å². The van der Waals surface area contributed by atoms with Crippen LogP contribution in [0.1, 0.15) is 24.3 Å². The molecule has 0 aliphatic heterocycles. The van der Waals surface area contributed by atoms with Crippen molar-refractivity contribution in [2.45, 2.75) is 26.5 Å². The molecule has 0 spiro atoms. The summed E-state index contributed by atoms with van der Waals surface area (Å²) in [4.78, 5) is 11.3. The Morgan fingerprint density at radius 3 is 2.62 bits per heavy atom. The van der Waals surface area contributed by atoms with Gasteiger partial charge in [0.15, 0.2) is 5.69 Å². The van der Waals surface area contributed by atoms with Gasteiger partial charge in [0, 0.05) is 10.6 Å². The first-order valence-electron chi connectivity index (χ1n) is 6.53. The number of aromatic carboxylic acids is 1. The zero-order valence-corrected chi connectivity index (χ0v) is 12.5. The van der Waals surface area contributed by atoms with Crippen molar-refractivity contribution in [2.24, 2.45) is 0 Å². The van der Waals surface area contributed by atoms with Crippen LogP contribution in [0.2, 0.25) is 5.02 Å². The molecule has 1 aromatic carbocycles. The molecule has 6 nitrogen and oxygen atoms in total. The third-order valence-electron chi connectivity index (χ3n) is 2.81. The first-order chi connectivity index (χ1) is 9.99. The standard InChI is InChI=1S/C14H16ClN3O3/c1-9(2)21-8-7-18-13(12(14(19)20)16-17-18)10-3-5-11(15)6-4-10/h3-6,9H,7-8H2,1-2H3,(H,19,20). The van der Waals surface area contributed by atoms with Crippen LogP contribution in [0.15, 0.2) is 24.3 Å². The zero-order chi connectivity index (χ0) is 15.4. The van der Waals surface area contributed by atoms with Gasteiger partial charge in [0.05, 0.1) is 19.3 Å². The van der Waals surface area contributed by atoms with Crippen molar-refractivity contribution in [3.05, 3.63) is 35.0 Å². The highest BCUT2D eigenvalue weighted by Crippen LogP contribution is 2.24. The number of carboxylic acids is 1. The Kier molecular flexibility index (Phi) is 4.93. The lowest BCUT2D eigenvalue weighted by atomic mass is 10.1. The minimum atomic E-state index is -1.11. The van der Waals surface area contributed by atoms with E-state index in [-0.39, 0.29) is 11.8 Å². The molecule has 0 saturated carbocycles. The first-order valence-corrected chi connectivity index (χ1v) is 6.91. The maximum absolute atomic E-state index is 11.3. The van der Waals surface area contributed by atoms with Crippen LogP contribution < -0.4 is 0 Å². The quantitative estimate of drug-likeness (QED) is 0.887. The third kappa shape index (κ3) is 3.80. The molecular weight excluding hydrogens is 294 g/mol. The lowest BCUT2D eigenvalue weighted by Gasteiger charge is -2.10. The van der Waals surface area contributed by atoms with Gasteiger partial charge in [-0.15, -0.1) is 5.10 Å². The Hall–Kier alpha value is -1.92. The van der Waals surface area contributed by atoms with Gasteiger partial charge in [-0.1, -0.05) is 28.9 Å². The van der Waals surface area contributed by atoms with Gasteiger partial charge in [-0.3, -0.25) is 0 Å². The van der Waals surface area contributed by atoms with E-state index in [1.165, 1.54) is 4.68 Å². The van der Waals surface area contributed by atoms with E-state index in [0.29, 0.717) is 29.4 Å². The highest BCUT2D eigenvalue weighted by molar-refractivity contribution is 6.30. The van der Waals surface area contributed by atoms with E-state index in [1.807, 2.05) is 13.8 Å². The lowest BCUT2D eigenvalue weighted by molar-refractivity contribution is 0.0687. The predicted molar refractivity (Wildman–Crippen MR) is 78.5 cm³/mol. The summed E-state index contributed by atoms with van der Waals surface area (Å²) >= 11 is 5.86. The van der Waals surface area contributed by atoms with E-state index in [0.717, 1.165) is 0 Å². The molecule has 1 aromatic heterocycles. The second-order valence-electron chi connectivity index (χ2n) is 4.74. The van der Waals surface area contributed by atoms with Crippen LogP contribution in [0.3, 0.4) is 0 Å². The monoisotopic (exact) mass is 309 g/mol. The number of hydrogen-bond acceptors (Lipinski definition) is 4. The largest absolute Gasteiger partial charge is 0.476 e. The molecule has 2 aromatic rings. The molecule has 1 heterocycles. The number of benzene rings is 1. The van der Waals surface area contributed by atoms with Crippen molar-refractivity contribution in [1.82, 2.24) is 15.0 Å². The average Bonchev–Trinajstić information content (AvgIpc) is 2.83. The molecule has 0 fully saturated rings. The number of carbonyl (C=O) groups is 1. The van der Waals surface area contributed by atoms with Gasteiger partial charge in [-0.2, -0.15) is 0 Å². The molecule has 0 bridgehead atoms. The normalized spacial score (nSPS) is 11.0. The highest BCUT2D eigenvalue weighted by Gasteiger charge is 2.20. The van der Waals surface area contributed by atoms with E-state index in [2.05, 4.69) is 10.3 Å². The fourth-order valence-corrected chi connectivity index (χ4v) is 2.01. The van der Waals surface area contributed by atoms with Gasteiger partial charge in [0.25, 0.3) is 0 Å². The number of nitrogens with zero attached hydrogens (tertiary/aromatic N) is 3. The van der Waals surface area contributed by atoms with Gasteiger partial charge >= 0.3 is 5.97 Å². The summed E-state index contributed by atoms with van der Waals surface area (Å²) in [5.41, 5.74) is 1.07. The van der Waals surface area contributed by atoms with Crippen molar-refractivity contribution in [1.29, 1.82) is 0 Å². The molecule has 21 heavy (non-hydrogen) atoms. The fraction of sp³-hybridized carbons (Fsp3) is 0.357. The maximum Gasteiger partial charge on any atom is 0.358 e. The molecule has 0 aliphatic rings. The molecule has 7 heteroatoms. The van der Waals surface area contributed by atoms with Gasteiger partial charge < -0.3 is 9.84 Å². The summed E-state index contributed by atoms with van der Waals surface area (Å²) in [6.07, 6.45) is 0.103. The SMILES string of the molecule is CC(C)OCCn1nnc(C(=O)O)c1-c1ccc(Cl)cc1. The van der Waals surface area contributed by atoms with Crippen LogP contribution >= 0.6 is 11.6 Å². The number of rotatable bonds is 6. The van der Waals surface area contributed by atoms with Crippen LogP contribution in [-0.4, -0.2) is 38.8 Å². The summed E-state index contributed by atoms with van der Waals surface area (Å²) < 4.78 is 7.01. The smallest absolute Gasteiger partial charge is 0.358 e. The van der Waals surface area contributed by atoms with E-state index in [4.69, 9.17) is 16.3 Å². The molecule has 0 radical (unpaired) electrons. The second kappa shape index (κ2) is 6.69. The summed E-state index contributed by atoms with van der Waals surface area (Å²) in [6.45, 7) is 4.73. The number of carboxylic acid groups (broad SMARTS) is 1. The lowest BCUT2D eigenvalue weighted by Crippen LogP contribution is -2.13. The Labute approximate surface area is 127 Å². The molecule has 0 unspecified atom stereocenters. The third-order valence-corrected chi connectivity index (χ3v) is 3.06. The zero-order valence-electron chi connectivity index (χ0n) is 11.8. The van der Waals surface area contributed by atoms with Crippen LogP contribution in [-0.2, 0) is 11.3 Å². The molecule has 2 rings (SSSR count). The molecular formula is C14H16ClN3O3. The first kappa shape index (κ1) is 15.5. The van der Waals surface area contributed by atoms with Gasteiger partial charge in [-0.05, 0) is 26.0 Å². The summed E-state index contributed by atoms with van der Waals surface area (Å²) in [7, 11) is 0. The molecule has 0 amide bonds.